The summed E-state index contributed by atoms with van der Waals surface area (Å²) in [5, 5.41) is 3.24. The summed E-state index contributed by atoms with van der Waals surface area (Å²) in [7, 11) is 1.83. The summed E-state index contributed by atoms with van der Waals surface area (Å²) in [4.78, 5) is 0. The molecule has 0 saturated carbocycles. The van der Waals surface area contributed by atoms with Crippen molar-refractivity contribution < 1.29 is 13.5 Å². The van der Waals surface area contributed by atoms with Gasteiger partial charge < -0.3 is 10.1 Å². The monoisotopic (exact) mass is 361 g/mol. The predicted molar refractivity (Wildman–Crippen MR) is 83.2 cm³/mol. The van der Waals surface area contributed by atoms with Crippen LogP contribution in [0.25, 0.3) is 0 Å². The highest BCUT2D eigenvalue weighted by Gasteiger charge is 2.49. The molecule has 5 heteroatoms. The Morgan fingerprint density at radius 2 is 1.90 bits per heavy atom. The fourth-order valence-electron chi connectivity index (χ4n) is 3.48. The molecule has 1 aromatic rings. The van der Waals surface area contributed by atoms with Gasteiger partial charge in [0.15, 0.2) is 11.6 Å². The molecule has 1 aliphatic heterocycles. The Morgan fingerprint density at radius 3 is 2.38 bits per heavy atom. The zero-order chi connectivity index (χ0) is 16.0. The van der Waals surface area contributed by atoms with Crippen LogP contribution in [0.15, 0.2) is 16.6 Å². The van der Waals surface area contributed by atoms with Gasteiger partial charge >= 0.3 is 0 Å². The van der Waals surface area contributed by atoms with Gasteiger partial charge in [0.05, 0.1) is 15.7 Å². The number of hydrogen-bond donors (Lipinski definition) is 1. The lowest BCUT2D eigenvalue weighted by molar-refractivity contribution is -0.0777. The van der Waals surface area contributed by atoms with Gasteiger partial charge in [0.25, 0.3) is 0 Å². The number of hydrogen-bond acceptors (Lipinski definition) is 2. The van der Waals surface area contributed by atoms with E-state index in [-0.39, 0.29) is 27.6 Å². The molecule has 2 rings (SSSR count). The number of benzene rings is 1. The van der Waals surface area contributed by atoms with E-state index in [1.807, 2.05) is 20.9 Å². The van der Waals surface area contributed by atoms with Gasteiger partial charge in [-0.15, -0.1) is 0 Å². The lowest BCUT2D eigenvalue weighted by Crippen LogP contribution is -2.37. The first-order valence-electron chi connectivity index (χ1n) is 7.10. The van der Waals surface area contributed by atoms with Gasteiger partial charge in [-0.2, -0.15) is 0 Å². The number of ether oxygens (including phenoxy) is 1. The Labute approximate surface area is 133 Å². The van der Waals surface area contributed by atoms with Gasteiger partial charge in [0, 0.05) is 12.0 Å². The van der Waals surface area contributed by atoms with Crippen LogP contribution in [0.2, 0.25) is 0 Å². The van der Waals surface area contributed by atoms with E-state index in [2.05, 4.69) is 35.1 Å². The Kier molecular flexibility index (Phi) is 4.49. The smallest absolute Gasteiger partial charge is 0.173 e. The molecule has 0 bridgehead atoms. The van der Waals surface area contributed by atoms with Crippen LogP contribution in [0.1, 0.15) is 45.7 Å². The van der Waals surface area contributed by atoms with Crippen molar-refractivity contribution in [2.24, 2.45) is 5.92 Å². The van der Waals surface area contributed by atoms with Crippen LogP contribution in [-0.2, 0) is 4.74 Å². The molecule has 2 atom stereocenters. The molecular weight excluding hydrogens is 340 g/mol. The highest BCUT2D eigenvalue weighted by atomic mass is 79.9. The van der Waals surface area contributed by atoms with E-state index in [4.69, 9.17) is 4.74 Å². The number of rotatable bonds is 3. The fourth-order valence-corrected chi connectivity index (χ4v) is 4.05. The second-order valence-electron chi connectivity index (χ2n) is 6.81. The second kappa shape index (κ2) is 5.60. The van der Waals surface area contributed by atoms with E-state index in [1.54, 1.807) is 6.07 Å². The van der Waals surface area contributed by atoms with Crippen molar-refractivity contribution in [3.05, 3.63) is 33.8 Å². The third-order valence-electron chi connectivity index (χ3n) is 4.26. The van der Waals surface area contributed by atoms with E-state index in [1.165, 1.54) is 6.07 Å². The zero-order valence-corrected chi connectivity index (χ0v) is 14.6. The minimum absolute atomic E-state index is 0.119. The summed E-state index contributed by atoms with van der Waals surface area (Å²) >= 11 is 3.19. The molecule has 21 heavy (non-hydrogen) atoms. The third-order valence-corrected chi connectivity index (χ3v) is 5.06. The first-order valence-corrected chi connectivity index (χ1v) is 7.89. The largest absolute Gasteiger partial charge is 0.369 e. The van der Waals surface area contributed by atoms with E-state index in [9.17, 15) is 8.78 Å². The molecule has 1 heterocycles. The van der Waals surface area contributed by atoms with Crippen LogP contribution < -0.4 is 5.32 Å². The summed E-state index contributed by atoms with van der Waals surface area (Å²) in [5.41, 5.74) is 0.145. The maximum absolute atomic E-state index is 13.8. The Hall–Kier alpha value is -0.520. The molecule has 2 unspecified atom stereocenters. The van der Waals surface area contributed by atoms with Crippen molar-refractivity contribution in [2.45, 2.75) is 51.4 Å². The average molecular weight is 362 g/mol. The number of halogens is 3. The van der Waals surface area contributed by atoms with Crippen molar-refractivity contribution in [2.75, 3.05) is 7.05 Å². The summed E-state index contributed by atoms with van der Waals surface area (Å²) in [5.74, 6) is -1.54. The molecule has 1 fully saturated rings. The summed E-state index contributed by atoms with van der Waals surface area (Å²) < 4.78 is 33.5. The molecule has 2 nitrogen and oxygen atoms in total. The molecule has 0 amide bonds. The van der Waals surface area contributed by atoms with Crippen LogP contribution in [0, 0.1) is 17.6 Å². The van der Waals surface area contributed by atoms with Gasteiger partial charge in [-0.3, -0.25) is 0 Å². The Bertz CT molecular complexity index is 545. The SMILES string of the molecule is CNC(c1ccc(F)c(F)c1Br)C1CC(C)(C)OC1(C)C. The molecular formula is C16H22BrF2NO. The molecule has 0 aromatic heterocycles. The van der Waals surface area contributed by atoms with Crippen LogP contribution in [-0.4, -0.2) is 18.2 Å². The molecule has 1 aromatic carbocycles. The summed E-state index contributed by atoms with van der Waals surface area (Å²) in [6.07, 6.45) is 0.844. The van der Waals surface area contributed by atoms with Gasteiger partial charge in [0.1, 0.15) is 0 Å². The van der Waals surface area contributed by atoms with E-state index >= 15 is 0 Å². The van der Waals surface area contributed by atoms with E-state index in [0.717, 1.165) is 12.0 Å². The molecule has 118 valence electrons. The van der Waals surface area contributed by atoms with Crippen LogP contribution in [0.4, 0.5) is 8.78 Å². The Balaban J connectivity index is 2.44. The normalized spacial score (nSPS) is 25.0. The van der Waals surface area contributed by atoms with Crippen molar-refractivity contribution in [3.8, 4) is 0 Å². The molecule has 1 saturated heterocycles. The standard InChI is InChI=1S/C16H22BrF2NO/c1-15(2)8-10(16(3,4)21-15)14(20-5)9-6-7-11(18)13(19)12(9)17/h6-7,10,14,20H,8H2,1-5H3. The molecule has 1 aliphatic rings. The molecule has 1 N–H and O–H groups in total. The van der Waals surface area contributed by atoms with Gasteiger partial charge in [-0.1, -0.05) is 6.07 Å². The predicted octanol–water partition coefficient (Wildman–Crippen LogP) is 4.58. The summed E-state index contributed by atoms with van der Waals surface area (Å²) in [6, 6.07) is 2.69. The maximum atomic E-state index is 13.8. The molecule has 0 spiro atoms. The minimum atomic E-state index is -0.845. The molecule has 0 aliphatic carbocycles. The van der Waals surface area contributed by atoms with Gasteiger partial charge in [-0.05, 0) is 68.7 Å². The summed E-state index contributed by atoms with van der Waals surface area (Å²) in [6.45, 7) is 8.21. The van der Waals surface area contributed by atoms with Crippen LogP contribution in [0.3, 0.4) is 0 Å². The number of nitrogens with one attached hydrogen (secondary N) is 1. The zero-order valence-electron chi connectivity index (χ0n) is 13.1. The van der Waals surface area contributed by atoms with Crippen molar-refractivity contribution in [1.29, 1.82) is 0 Å². The maximum Gasteiger partial charge on any atom is 0.173 e. The van der Waals surface area contributed by atoms with Crippen LogP contribution in [0.5, 0.6) is 0 Å². The lowest BCUT2D eigenvalue weighted by Gasteiger charge is -2.33. The van der Waals surface area contributed by atoms with Crippen molar-refractivity contribution >= 4 is 15.9 Å². The lowest BCUT2D eigenvalue weighted by atomic mass is 9.79. The first kappa shape index (κ1) is 16.8. The Morgan fingerprint density at radius 1 is 1.29 bits per heavy atom. The average Bonchev–Trinajstić information content (AvgIpc) is 2.58. The van der Waals surface area contributed by atoms with Crippen molar-refractivity contribution in [1.82, 2.24) is 5.32 Å². The highest BCUT2D eigenvalue weighted by molar-refractivity contribution is 9.10. The van der Waals surface area contributed by atoms with Crippen LogP contribution >= 0.6 is 15.9 Å². The quantitative estimate of drug-likeness (QED) is 0.795. The van der Waals surface area contributed by atoms with E-state index in [0.29, 0.717) is 0 Å². The topological polar surface area (TPSA) is 21.3 Å². The highest BCUT2D eigenvalue weighted by Crippen LogP contribution is 2.48. The fraction of sp³-hybridized carbons (Fsp3) is 0.625. The molecule has 0 radical (unpaired) electrons. The third kappa shape index (κ3) is 3.15. The van der Waals surface area contributed by atoms with Crippen molar-refractivity contribution in [3.63, 3.8) is 0 Å². The van der Waals surface area contributed by atoms with E-state index < -0.39 is 11.6 Å². The first-order chi connectivity index (χ1) is 9.59. The van der Waals surface area contributed by atoms with Gasteiger partial charge in [0.2, 0.25) is 0 Å². The minimum Gasteiger partial charge on any atom is -0.369 e. The van der Waals surface area contributed by atoms with Gasteiger partial charge in [-0.25, -0.2) is 8.78 Å². The second-order valence-corrected chi connectivity index (χ2v) is 7.60.